The Bertz CT molecular complexity index is 483. The Morgan fingerprint density at radius 3 is 2.79 bits per heavy atom. The van der Waals surface area contributed by atoms with Gasteiger partial charge < -0.3 is 15.7 Å². The van der Waals surface area contributed by atoms with Crippen LogP contribution in [0.1, 0.15) is 31.0 Å². The van der Waals surface area contributed by atoms with E-state index in [2.05, 4.69) is 16.9 Å². The van der Waals surface area contributed by atoms with Gasteiger partial charge >= 0.3 is 0 Å². The van der Waals surface area contributed by atoms with Crippen molar-refractivity contribution in [2.45, 2.75) is 39.3 Å². The number of aromatic nitrogens is 2. The third kappa shape index (κ3) is 2.45. The smallest absolute Gasteiger partial charge is 0.222 e. The SMILES string of the molecule is Cc1nn(C)c(N2CC(C(N)=O)CCC2C)c1CO. The first-order chi connectivity index (χ1) is 8.95. The molecule has 1 amide bonds. The van der Waals surface area contributed by atoms with Gasteiger partial charge in [-0.15, -0.1) is 0 Å². The fraction of sp³-hybridized carbons (Fsp3) is 0.692. The molecule has 0 aliphatic carbocycles. The lowest BCUT2D eigenvalue weighted by molar-refractivity contribution is -0.122. The fourth-order valence-corrected chi connectivity index (χ4v) is 2.87. The number of amides is 1. The molecule has 1 saturated heterocycles. The first-order valence-corrected chi connectivity index (χ1v) is 6.65. The molecule has 1 aromatic heterocycles. The number of carbonyl (C=O) groups excluding carboxylic acids is 1. The van der Waals surface area contributed by atoms with E-state index in [1.807, 2.05) is 14.0 Å². The molecular weight excluding hydrogens is 244 g/mol. The summed E-state index contributed by atoms with van der Waals surface area (Å²) in [4.78, 5) is 13.5. The number of aliphatic hydroxyl groups is 1. The molecule has 0 radical (unpaired) electrons. The van der Waals surface area contributed by atoms with E-state index in [1.165, 1.54) is 0 Å². The Labute approximate surface area is 113 Å². The molecular formula is C13H22N4O2. The van der Waals surface area contributed by atoms with Crippen LogP contribution in [0.4, 0.5) is 5.82 Å². The van der Waals surface area contributed by atoms with Crippen molar-refractivity contribution >= 4 is 11.7 Å². The van der Waals surface area contributed by atoms with Gasteiger partial charge in [-0.05, 0) is 26.7 Å². The van der Waals surface area contributed by atoms with E-state index in [0.29, 0.717) is 12.6 Å². The molecule has 6 nitrogen and oxygen atoms in total. The molecule has 0 aromatic carbocycles. The Kier molecular flexibility index (Phi) is 3.80. The average molecular weight is 266 g/mol. The van der Waals surface area contributed by atoms with Gasteiger partial charge in [-0.3, -0.25) is 9.48 Å². The predicted molar refractivity (Wildman–Crippen MR) is 72.6 cm³/mol. The first kappa shape index (κ1) is 13.9. The van der Waals surface area contributed by atoms with Crippen LogP contribution >= 0.6 is 0 Å². The topological polar surface area (TPSA) is 84.4 Å². The Balaban J connectivity index is 2.36. The first-order valence-electron chi connectivity index (χ1n) is 6.65. The summed E-state index contributed by atoms with van der Waals surface area (Å²) in [6.07, 6.45) is 1.75. The molecule has 1 aromatic rings. The molecule has 2 heterocycles. The quantitative estimate of drug-likeness (QED) is 0.824. The summed E-state index contributed by atoms with van der Waals surface area (Å²) in [7, 11) is 1.86. The number of piperidine rings is 1. The van der Waals surface area contributed by atoms with E-state index >= 15 is 0 Å². The second-order valence-corrected chi connectivity index (χ2v) is 5.35. The number of hydrogen-bond acceptors (Lipinski definition) is 4. The zero-order valence-corrected chi connectivity index (χ0v) is 11.8. The Hall–Kier alpha value is -1.56. The van der Waals surface area contributed by atoms with Crippen LogP contribution in [0.5, 0.6) is 0 Å². The molecule has 1 aliphatic rings. The molecule has 3 N–H and O–H groups in total. The molecule has 1 fully saturated rings. The number of nitrogens with two attached hydrogens (primary N) is 1. The van der Waals surface area contributed by atoms with Crippen molar-refractivity contribution in [3.8, 4) is 0 Å². The summed E-state index contributed by atoms with van der Waals surface area (Å²) in [6, 6.07) is 0.315. The van der Waals surface area contributed by atoms with Crippen LogP contribution in [-0.4, -0.2) is 33.4 Å². The molecule has 106 valence electrons. The molecule has 2 atom stereocenters. The Morgan fingerprint density at radius 2 is 2.21 bits per heavy atom. The minimum atomic E-state index is -0.249. The van der Waals surface area contributed by atoms with Crippen LogP contribution in [0.2, 0.25) is 0 Å². The number of primary amides is 1. The van der Waals surface area contributed by atoms with Crippen LogP contribution < -0.4 is 10.6 Å². The normalized spacial score (nSPS) is 23.7. The molecule has 0 spiro atoms. The van der Waals surface area contributed by atoms with Gasteiger partial charge in [0.1, 0.15) is 5.82 Å². The van der Waals surface area contributed by atoms with Gasteiger partial charge in [0.2, 0.25) is 5.91 Å². The average Bonchev–Trinajstić information content (AvgIpc) is 2.63. The minimum absolute atomic E-state index is 0.0422. The second-order valence-electron chi connectivity index (χ2n) is 5.35. The maximum atomic E-state index is 11.4. The van der Waals surface area contributed by atoms with Crippen LogP contribution in [0.15, 0.2) is 0 Å². The summed E-state index contributed by atoms with van der Waals surface area (Å²) in [5.74, 6) is 0.526. The van der Waals surface area contributed by atoms with E-state index in [0.717, 1.165) is 29.9 Å². The van der Waals surface area contributed by atoms with Gasteiger partial charge in [-0.1, -0.05) is 0 Å². The monoisotopic (exact) mass is 266 g/mol. The third-order valence-electron chi connectivity index (χ3n) is 4.03. The maximum Gasteiger partial charge on any atom is 0.222 e. The highest BCUT2D eigenvalue weighted by Crippen LogP contribution is 2.31. The van der Waals surface area contributed by atoms with E-state index in [4.69, 9.17) is 5.73 Å². The molecule has 2 unspecified atom stereocenters. The summed E-state index contributed by atoms with van der Waals surface area (Å²) in [5.41, 5.74) is 7.09. The van der Waals surface area contributed by atoms with Crippen molar-refractivity contribution < 1.29 is 9.90 Å². The number of aryl methyl sites for hydroxylation is 2. The summed E-state index contributed by atoms with van der Waals surface area (Å²) in [6.45, 7) is 4.57. The largest absolute Gasteiger partial charge is 0.391 e. The lowest BCUT2D eigenvalue weighted by Crippen LogP contribution is -2.47. The standard InChI is InChI=1S/C13H22N4O2/c1-8-4-5-10(12(14)19)6-17(8)13-11(7-18)9(2)15-16(13)3/h8,10,18H,4-7H2,1-3H3,(H2,14,19). The van der Waals surface area contributed by atoms with Gasteiger partial charge in [0, 0.05) is 25.2 Å². The minimum Gasteiger partial charge on any atom is -0.391 e. The second kappa shape index (κ2) is 5.21. The van der Waals surface area contributed by atoms with E-state index < -0.39 is 0 Å². The highest BCUT2D eigenvalue weighted by molar-refractivity contribution is 5.77. The van der Waals surface area contributed by atoms with Crippen LogP contribution in [0.25, 0.3) is 0 Å². The van der Waals surface area contributed by atoms with Crippen LogP contribution in [-0.2, 0) is 18.4 Å². The van der Waals surface area contributed by atoms with Gasteiger partial charge in [-0.25, -0.2) is 0 Å². The van der Waals surface area contributed by atoms with Crippen molar-refractivity contribution in [3.63, 3.8) is 0 Å². The number of nitrogens with zero attached hydrogens (tertiary/aromatic N) is 3. The van der Waals surface area contributed by atoms with E-state index in [1.54, 1.807) is 4.68 Å². The van der Waals surface area contributed by atoms with Gasteiger partial charge in [-0.2, -0.15) is 5.10 Å². The molecule has 6 heteroatoms. The fourth-order valence-electron chi connectivity index (χ4n) is 2.87. The maximum absolute atomic E-state index is 11.4. The number of carbonyl (C=O) groups is 1. The number of hydrogen-bond donors (Lipinski definition) is 2. The highest BCUT2D eigenvalue weighted by Gasteiger charge is 2.32. The summed E-state index contributed by atoms with van der Waals surface area (Å²) >= 11 is 0. The molecule has 0 saturated carbocycles. The van der Waals surface area contributed by atoms with Crippen molar-refractivity contribution in [2.24, 2.45) is 18.7 Å². The third-order valence-corrected chi connectivity index (χ3v) is 4.03. The number of anilines is 1. The van der Waals surface area contributed by atoms with Crippen molar-refractivity contribution in [2.75, 3.05) is 11.4 Å². The van der Waals surface area contributed by atoms with Gasteiger partial charge in [0.05, 0.1) is 18.2 Å². The Morgan fingerprint density at radius 1 is 1.53 bits per heavy atom. The number of rotatable bonds is 3. The van der Waals surface area contributed by atoms with E-state index in [-0.39, 0.29) is 18.4 Å². The van der Waals surface area contributed by atoms with Crippen molar-refractivity contribution in [1.29, 1.82) is 0 Å². The highest BCUT2D eigenvalue weighted by atomic mass is 16.3. The van der Waals surface area contributed by atoms with Crippen molar-refractivity contribution in [3.05, 3.63) is 11.3 Å². The zero-order chi connectivity index (χ0) is 14.2. The zero-order valence-electron chi connectivity index (χ0n) is 11.8. The molecule has 2 rings (SSSR count). The lowest BCUT2D eigenvalue weighted by atomic mass is 9.92. The van der Waals surface area contributed by atoms with Gasteiger partial charge in [0.15, 0.2) is 0 Å². The number of aliphatic hydroxyl groups excluding tert-OH is 1. The summed E-state index contributed by atoms with van der Waals surface area (Å²) < 4.78 is 1.78. The van der Waals surface area contributed by atoms with E-state index in [9.17, 15) is 9.90 Å². The molecule has 1 aliphatic heterocycles. The molecule has 19 heavy (non-hydrogen) atoms. The van der Waals surface area contributed by atoms with Crippen LogP contribution in [0.3, 0.4) is 0 Å². The summed E-state index contributed by atoms with van der Waals surface area (Å²) in [5, 5.41) is 13.9. The lowest BCUT2D eigenvalue weighted by Gasteiger charge is -2.38. The van der Waals surface area contributed by atoms with Crippen molar-refractivity contribution in [1.82, 2.24) is 9.78 Å². The van der Waals surface area contributed by atoms with Crippen LogP contribution in [0, 0.1) is 12.8 Å². The van der Waals surface area contributed by atoms with Gasteiger partial charge in [0.25, 0.3) is 0 Å². The predicted octanol–water partition coefficient (Wildman–Crippen LogP) is 0.311. The molecule has 0 bridgehead atoms.